The molecule has 3 nitrogen and oxygen atoms in total. The standard InChI is InChI=1S/C19H20N3.Na/c1-12-13(2)21-18-16(12)8-10-20-19(18)22-11-9-15-6-4-5-7-17(15)14(22)3;/h4-8,10,14H,9,11H2,1-3H3;/q-1;+1. The number of benzene rings is 1. The molecule has 112 valence electrons. The number of hydrogen-bond acceptors (Lipinski definition) is 2. The van der Waals surface area contributed by atoms with Crippen LogP contribution in [0.4, 0.5) is 5.82 Å². The third-order valence-electron chi connectivity index (χ3n) is 5.00. The van der Waals surface area contributed by atoms with Crippen molar-refractivity contribution in [1.82, 2.24) is 9.97 Å². The van der Waals surface area contributed by atoms with E-state index in [1.807, 2.05) is 6.20 Å². The molecule has 0 saturated carbocycles. The molecule has 0 N–H and O–H groups in total. The minimum absolute atomic E-state index is 0. The van der Waals surface area contributed by atoms with E-state index in [4.69, 9.17) is 4.98 Å². The molecule has 3 heterocycles. The molecular formula is C19H20N3Na. The summed E-state index contributed by atoms with van der Waals surface area (Å²) >= 11 is 0. The second kappa shape index (κ2) is 6.31. The van der Waals surface area contributed by atoms with E-state index >= 15 is 0 Å². The molecule has 1 aliphatic heterocycles. The van der Waals surface area contributed by atoms with E-state index in [9.17, 15) is 0 Å². The van der Waals surface area contributed by atoms with Crippen molar-refractivity contribution in [3.8, 4) is 0 Å². The average Bonchev–Trinajstić information content (AvgIpc) is 2.83. The molecule has 4 rings (SSSR count). The molecule has 3 aromatic rings. The van der Waals surface area contributed by atoms with Crippen molar-refractivity contribution in [1.29, 1.82) is 0 Å². The Balaban J connectivity index is 0.00000156. The van der Waals surface area contributed by atoms with Crippen molar-refractivity contribution in [2.24, 2.45) is 0 Å². The van der Waals surface area contributed by atoms with E-state index in [0.717, 1.165) is 30.0 Å². The first kappa shape index (κ1) is 16.6. The Kier molecular flexibility index (Phi) is 4.54. The Bertz CT molecular complexity index is 853. The fourth-order valence-electron chi connectivity index (χ4n) is 3.57. The van der Waals surface area contributed by atoms with Crippen LogP contribution in [0.15, 0.2) is 36.5 Å². The molecular weight excluding hydrogens is 293 g/mol. The van der Waals surface area contributed by atoms with Crippen molar-refractivity contribution >= 4 is 16.7 Å². The first-order valence-corrected chi connectivity index (χ1v) is 7.90. The van der Waals surface area contributed by atoms with Crippen molar-refractivity contribution < 1.29 is 29.6 Å². The molecule has 2 aromatic heterocycles. The summed E-state index contributed by atoms with van der Waals surface area (Å²) < 4.78 is 0. The smallest absolute Gasteiger partial charge is 0.658 e. The number of fused-ring (bicyclic) bond motifs is 2. The first-order chi connectivity index (χ1) is 10.7. The SMILES string of the molecule is Cc1[n-]c2c(N3CCc4ccccc4C3C)nccc2c1C.[Na+]. The summed E-state index contributed by atoms with van der Waals surface area (Å²) in [6.07, 6.45) is 2.98. The summed E-state index contributed by atoms with van der Waals surface area (Å²) in [7, 11) is 0. The van der Waals surface area contributed by atoms with Crippen molar-refractivity contribution in [3.63, 3.8) is 0 Å². The summed E-state index contributed by atoms with van der Waals surface area (Å²) in [5, 5.41) is 1.23. The van der Waals surface area contributed by atoms with Gasteiger partial charge in [0.2, 0.25) is 0 Å². The molecule has 0 fully saturated rings. The van der Waals surface area contributed by atoms with Gasteiger partial charge < -0.3 is 9.88 Å². The van der Waals surface area contributed by atoms with E-state index in [-0.39, 0.29) is 29.6 Å². The van der Waals surface area contributed by atoms with Crippen LogP contribution in [-0.2, 0) is 6.42 Å². The van der Waals surface area contributed by atoms with Gasteiger partial charge in [-0.05, 0) is 42.8 Å². The maximum absolute atomic E-state index is 4.77. The molecule has 4 heteroatoms. The van der Waals surface area contributed by atoms with Gasteiger partial charge in [-0.15, -0.1) is 0 Å². The topological polar surface area (TPSA) is 30.2 Å². The normalized spacial score (nSPS) is 17.0. The second-order valence-corrected chi connectivity index (χ2v) is 6.17. The van der Waals surface area contributed by atoms with Crippen LogP contribution in [0.3, 0.4) is 0 Å². The molecule has 0 spiro atoms. The Hall–Kier alpha value is -1.29. The summed E-state index contributed by atoms with van der Waals surface area (Å²) in [6.45, 7) is 7.48. The van der Waals surface area contributed by atoms with Gasteiger partial charge in [0.1, 0.15) is 5.82 Å². The van der Waals surface area contributed by atoms with Gasteiger partial charge in [0.15, 0.2) is 0 Å². The Morgan fingerprint density at radius 2 is 1.96 bits per heavy atom. The third kappa shape index (κ3) is 2.61. The zero-order valence-electron chi connectivity index (χ0n) is 14.3. The summed E-state index contributed by atoms with van der Waals surface area (Å²) in [5.41, 5.74) is 6.29. The summed E-state index contributed by atoms with van der Waals surface area (Å²) in [5.74, 6) is 1.02. The van der Waals surface area contributed by atoms with Crippen LogP contribution < -0.4 is 39.4 Å². The average molecular weight is 313 g/mol. The van der Waals surface area contributed by atoms with Gasteiger partial charge in [-0.2, -0.15) is 5.69 Å². The van der Waals surface area contributed by atoms with E-state index in [0.29, 0.717) is 6.04 Å². The van der Waals surface area contributed by atoms with E-state index in [1.54, 1.807) is 0 Å². The van der Waals surface area contributed by atoms with Crippen LogP contribution in [0, 0.1) is 13.8 Å². The third-order valence-corrected chi connectivity index (χ3v) is 5.00. The quantitative estimate of drug-likeness (QED) is 0.626. The maximum atomic E-state index is 4.77. The Morgan fingerprint density at radius 3 is 2.78 bits per heavy atom. The van der Waals surface area contributed by atoms with Gasteiger partial charge in [0, 0.05) is 12.7 Å². The number of aryl methyl sites for hydroxylation is 2. The molecule has 0 amide bonds. The first-order valence-electron chi connectivity index (χ1n) is 7.90. The molecule has 0 aliphatic carbocycles. The molecule has 1 unspecified atom stereocenters. The minimum atomic E-state index is 0. The second-order valence-electron chi connectivity index (χ2n) is 6.17. The molecule has 0 bridgehead atoms. The summed E-state index contributed by atoms with van der Waals surface area (Å²) in [6, 6.07) is 11.2. The van der Waals surface area contributed by atoms with Crippen LogP contribution in [0.1, 0.15) is 35.3 Å². The Morgan fingerprint density at radius 1 is 1.17 bits per heavy atom. The molecule has 23 heavy (non-hydrogen) atoms. The fourth-order valence-corrected chi connectivity index (χ4v) is 3.57. The molecule has 1 aromatic carbocycles. The van der Waals surface area contributed by atoms with Crippen LogP contribution in [-0.4, -0.2) is 11.5 Å². The largest absolute Gasteiger partial charge is 1.00 e. The molecule has 1 atom stereocenters. The minimum Gasteiger partial charge on any atom is -0.658 e. The zero-order chi connectivity index (χ0) is 15.3. The molecule has 1 aliphatic rings. The van der Waals surface area contributed by atoms with Gasteiger partial charge >= 0.3 is 29.6 Å². The maximum Gasteiger partial charge on any atom is 1.00 e. The van der Waals surface area contributed by atoms with Crippen LogP contribution in [0.25, 0.3) is 10.9 Å². The predicted molar refractivity (Wildman–Crippen MR) is 90.4 cm³/mol. The van der Waals surface area contributed by atoms with Crippen LogP contribution >= 0.6 is 0 Å². The number of aromatic nitrogens is 2. The zero-order valence-corrected chi connectivity index (χ0v) is 16.3. The molecule has 0 radical (unpaired) electrons. The number of anilines is 1. The number of nitrogens with zero attached hydrogens (tertiary/aromatic N) is 3. The summed E-state index contributed by atoms with van der Waals surface area (Å²) in [4.78, 5) is 11.8. The predicted octanol–water partition coefficient (Wildman–Crippen LogP) is 0.937. The van der Waals surface area contributed by atoms with Crippen molar-refractivity contribution in [3.05, 3.63) is 58.9 Å². The van der Waals surface area contributed by atoms with Crippen molar-refractivity contribution in [2.45, 2.75) is 33.2 Å². The van der Waals surface area contributed by atoms with Gasteiger partial charge in [0.25, 0.3) is 0 Å². The van der Waals surface area contributed by atoms with Gasteiger partial charge in [-0.25, -0.2) is 4.98 Å². The molecule has 0 saturated heterocycles. The monoisotopic (exact) mass is 313 g/mol. The van der Waals surface area contributed by atoms with E-state index in [2.05, 4.69) is 61.0 Å². The number of pyridine rings is 1. The van der Waals surface area contributed by atoms with E-state index in [1.165, 1.54) is 22.1 Å². The van der Waals surface area contributed by atoms with Crippen LogP contribution in [0.2, 0.25) is 0 Å². The van der Waals surface area contributed by atoms with Crippen molar-refractivity contribution in [2.75, 3.05) is 11.4 Å². The Labute approximate surface area is 159 Å². The number of rotatable bonds is 1. The fraction of sp³-hybridized carbons (Fsp3) is 0.316. The van der Waals surface area contributed by atoms with Gasteiger partial charge in [-0.1, -0.05) is 42.3 Å². The van der Waals surface area contributed by atoms with Gasteiger partial charge in [-0.3, -0.25) is 0 Å². The van der Waals surface area contributed by atoms with E-state index < -0.39 is 0 Å². The number of hydrogen-bond donors (Lipinski definition) is 0. The van der Waals surface area contributed by atoms with Gasteiger partial charge in [0.05, 0.1) is 6.04 Å². The van der Waals surface area contributed by atoms with Crippen LogP contribution in [0.5, 0.6) is 0 Å².